The molecule has 1 atom stereocenters. The first-order valence-corrected chi connectivity index (χ1v) is 3.92. The van der Waals surface area contributed by atoms with Gasteiger partial charge >= 0.3 is 0 Å². The molecule has 0 amide bonds. The zero-order valence-electron chi connectivity index (χ0n) is 7.59. The largest absolute Gasteiger partial charge is 0.384 e. The maximum atomic E-state index is 12.5. The van der Waals surface area contributed by atoms with E-state index < -0.39 is 11.9 Å². The average Bonchev–Trinajstić information content (AvgIpc) is 2.19. The Morgan fingerprint density at radius 3 is 3.00 bits per heavy atom. The van der Waals surface area contributed by atoms with Crippen molar-refractivity contribution in [1.82, 2.24) is 4.98 Å². The zero-order chi connectivity index (χ0) is 10.4. The van der Waals surface area contributed by atoms with Crippen LogP contribution in [0.2, 0.25) is 0 Å². The summed E-state index contributed by atoms with van der Waals surface area (Å²) in [6.07, 6.45) is 1.07. The molecular formula is C8H9FN4O. The predicted octanol–water partition coefficient (Wildman–Crippen LogP) is 2.22. The summed E-state index contributed by atoms with van der Waals surface area (Å²) in [5, 5.41) is 3.48. The summed E-state index contributed by atoms with van der Waals surface area (Å²) in [4.78, 5) is 6.46. The van der Waals surface area contributed by atoms with Crippen molar-refractivity contribution in [2.45, 2.75) is 6.04 Å². The highest BCUT2D eigenvalue weighted by Gasteiger charge is 2.10. The average molecular weight is 196 g/mol. The van der Waals surface area contributed by atoms with Crippen molar-refractivity contribution < 1.29 is 9.13 Å². The number of ether oxygens (including phenoxy) is 1. The molecule has 0 aliphatic heterocycles. The molecule has 0 bridgehead atoms. The fourth-order valence-corrected chi connectivity index (χ4v) is 0.982. The molecule has 1 heterocycles. The van der Waals surface area contributed by atoms with E-state index in [1.54, 1.807) is 0 Å². The Morgan fingerprint density at radius 1 is 1.71 bits per heavy atom. The van der Waals surface area contributed by atoms with E-state index in [1.807, 2.05) is 0 Å². The number of hydrogen-bond acceptors (Lipinski definition) is 3. The van der Waals surface area contributed by atoms with Gasteiger partial charge in [-0.15, -0.1) is 0 Å². The number of aromatic nitrogens is 1. The number of hydrogen-bond donors (Lipinski definition) is 0. The third-order valence-corrected chi connectivity index (χ3v) is 1.61. The van der Waals surface area contributed by atoms with Gasteiger partial charge in [-0.2, -0.15) is 0 Å². The molecule has 14 heavy (non-hydrogen) atoms. The van der Waals surface area contributed by atoms with Gasteiger partial charge in [0.2, 0.25) is 0 Å². The smallest absolute Gasteiger partial charge is 0.141 e. The molecule has 0 aliphatic carbocycles. The first kappa shape index (κ1) is 10.4. The Morgan fingerprint density at radius 2 is 2.50 bits per heavy atom. The quantitative estimate of drug-likeness (QED) is 0.420. The second-order valence-electron chi connectivity index (χ2n) is 2.58. The Bertz CT molecular complexity index is 334. The number of azide groups is 1. The van der Waals surface area contributed by atoms with Crippen LogP contribution >= 0.6 is 0 Å². The molecule has 6 heteroatoms. The lowest BCUT2D eigenvalue weighted by Gasteiger charge is -2.08. The van der Waals surface area contributed by atoms with Crippen LogP contribution in [0, 0.1) is 5.82 Å². The summed E-state index contributed by atoms with van der Waals surface area (Å²) in [6, 6.07) is 2.22. The van der Waals surface area contributed by atoms with Gasteiger partial charge in [-0.1, -0.05) is 5.11 Å². The fraction of sp³-hybridized carbons (Fsp3) is 0.375. The lowest BCUT2D eigenvalue weighted by atomic mass is 10.2. The molecule has 0 aliphatic rings. The van der Waals surface area contributed by atoms with Crippen molar-refractivity contribution in [2.75, 3.05) is 13.7 Å². The molecule has 0 saturated carbocycles. The number of halogens is 1. The standard InChI is InChI=1S/C8H9FN4O/c1-14-5-8(12-13-10)7-3-2-6(9)4-11-7/h2-4,8H,5H2,1H3. The maximum Gasteiger partial charge on any atom is 0.141 e. The molecule has 74 valence electrons. The number of pyridine rings is 1. The van der Waals surface area contributed by atoms with E-state index in [9.17, 15) is 4.39 Å². The molecule has 0 aromatic carbocycles. The minimum Gasteiger partial charge on any atom is -0.384 e. The topological polar surface area (TPSA) is 70.9 Å². The Balaban J connectivity index is 2.87. The highest BCUT2D eigenvalue weighted by atomic mass is 19.1. The molecule has 1 unspecified atom stereocenters. The molecule has 0 N–H and O–H groups in total. The summed E-state index contributed by atoms with van der Waals surface area (Å²) >= 11 is 0. The van der Waals surface area contributed by atoms with E-state index in [4.69, 9.17) is 10.3 Å². The Hall–Kier alpha value is -1.65. The highest BCUT2D eigenvalue weighted by molar-refractivity contribution is 5.10. The van der Waals surface area contributed by atoms with Gasteiger partial charge in [-0.05, 0) is 17.7 Å². The van der Waals surface area contributed by atoms with Crippen LogP contribution in [0.15, 0.2) is 23.4 Å². The third-order valence-electron chi connectivity index (χ3n) is 1.61. The highest BCUT2D eigenvalue weighted by Crippen LogP contribution is 2.15. The van der Waals surface area contributed by atoms with Crippen molar-refractivity contribution in [1.29, 1.82) is 0 Å². The van der Waals surface area contributed by atoms with Crippen molar-refractivity contribution in [2.24, 2.45) is 5.11 Å². The minimum absolute atomic E-state index is 0.225. The van der Waals surface area contributed by atoms with E-state index in [-0.39, 0.29) is 6.61 Å². The monoisotopic (exact) mass is 196 g/mol. The van der Waals surface area contributed by atoms with Gasteiger partial charge in [-0.25, -0.2) is 4.39 Å². The van der Waals surface area contributed by atoms with Crippen LogP contribution in [0.25, 0.3) is 10.4 Å². The van der Waals surface area contributed by atoms with Crippen LogP contribution in [-0.4, -0.2) is 18.7 Å². The fourth-order valence-electron chi connectivity index (χ4n) is 0.982. The van der Waals surface area contributed by atoms with Crippen molar-refractivity contribution in [3.63, 3.8) is 0 Å². The van der Waals surface area contributed by atoms with E-state index in [1.165, 1.54) is 19.2 Å². The molecule has 0 radical (unpaired) electrons. The van der Waals surface area contributed by atoms with Crippen LogP contribution in [0.4, 0.5) is 4.39 Å². The minimum atomic E-state index is -0.509. The summed E-state index contributed by atoms with van der Waals surface area (Å²) < 4.78 is 17.4. The first-order valence-electron chi connectivity index (χ1n) is 3.92. The first-order chi connectivity index (χ1) is 6.77. The summed E-state index contributed by atoms with van der Waals surface area (Å²) in [5.41, 5.74) is 8.77. The van der Waals surface area contributed by atoms with E-state index in [2.05, 4.69) is 15.0 Å². The number of methoxy groups -OCH3 is 1. The second kappa shape index (κ2) is 5.16. The number of rotatable bonds is 4. The molecule has 1 aromatic heterocycles. The maximum absolute atomic E-state index is 12.5. The van der Waals surface area contributed by atoms with E-state index in [0.717, 1.165) is 6.20 Å². The molecule has 5 nitrogen and oxygen atoms in total. The van der Waals surface area contributed by atoms with Crippen molar-refractivity contribution in [3.8, 4) is 0 Å². The summed E-state index contributed by atoms with van der Waals surface area (Å²) in [5.74, 6) is -0.425. The Labute approximate surface area is 80.2 Å². The lowest BCUT2D eigenvalue weighted by molar-refractivity contribution is 0.179. The van der Waals surface area contributed by atoms with E-state index in [0.29, 0.717) is 5.69 Å². The normalized spacial score (nSPS) is 11.9. The molecule has 1 aromatic rings. The SMILES string of the molecule is COCC(N=[N+]=[N-])c1ccc(F)cn1. The van der Waals surface area contributed by atoms with Gasteiger partial charge in [0.25, 0.3) is 0 Å². The van der Waals surface area contributed by atoms with Gasteiger partial charge in [0.1, 0.15) is 11.9 Å². The van der Waals surface area contributed by atoms with Crippen LogP contribution in [0.1, 0.15) is 11.7 Å². The Kier molecular flexibility index (Phi) is 3.84. The van der Waals surface area contributed by atoms with Crippen LogP contribution < -0.4 is 0 Å². The molecule has 1 rings (SSSR count). The van der Waals surface area contributed by atoms with Gasteiger partial charge < -0.3 is 4.74 Å². The third kappa shape index (κ3) is 2.69. The molecular weight excluding hydrogens is 187 g/mol. The van der Waals surface area contributed by atoms with Crippen LogP contribution in [0.3, 0.4) is 0 Å². The van der Waals surface area contributed by atoms with Crippen LogP contribution in [0.5, 0.6) is 0 Å². The predicted molar refractivity (Wildman–Crippen MR) is 48.0 cm³/mol. The van der Waals surface area contributed by atoms with Crippen molar-refractivity contribution >= 4 is 0 Å². The van der Waals surface area contributed by atoms with Crippen molar-refractivity contribution in [3.05, 3.63) is 40.3 Å². The van der Waals surface area contributed by atoms with Gasteiger partial charge in [0.15, 0.2) is 0 Å². The molecule has 0 saturated heterocycles. The van der Waals surface area contributed by atoms with Gasteiger partial charge in [-0.3, -0.25) is 4.98 Å². The summed E-state index contributed by atoms with van der Waals surface area (Å²) in [6.45, 7) is 0.225. The van der Waals surface area contributed by atoms with Gasteiger partial charge in [0.05, 0.1) is 18.5 Å². The lowest BCUT2D eigenvalue weighted by Crippen LogP contribution is -2.05. The molecule has 0 spiro atoms. The number of nitrogens with zero attached hydrogens (tertiary/aromatic N) is 4. The van der Waals surface area contributed by atoms with E-state index >= 15 is 0 Å². The summed E-state index contributed by atoms with van der Waals surface area (Å²) in [7, 11) is 1.49. The molecule has 0 fully saturated rings. The van der Waals surface area contributed by atoms with Crippen LogP contribution in [-0.2, 0) is 4.74 Å². The second-order valence-corrected chi connectivity index (χ2v) is 2.58. The van der Waals surface area contributed by atoms with Gasteiger partial charge in [0, 0.05) is 12.0 Å². The zero-order valence-corrected chi connectivity index (χ0v) is 7.59.